The number of esters is 1. The minimum Gasteiger partial charge on any atom is -0.467 e. The van der Waals surface area contributed by atoms with Gasteiger partial charge < -0.3 is 10.1 Å². The lowest BCUT2D eigenvalue weighted by Crippen LogP contribution is -2.46. The normalized spacial score (nSPS) is 13.1. The largest absolute Gasteiger partial charge is 0.467 e. The van der Waals surface area contributed by atoms with Crippen molar-refractivity contribution >= 4 is 23.6 Å². The van der Waals surface area contributed by atoms with Gasteiger partial charge in [-0.1, -0.05) is 61.9 Å². The molecule has 2 aromatic rings. The first kappa shape index (κ1) is 20.0. The maximum Gasteiger partial charge on any atom is 0.328 e. The van der Waals surface area contributed by atoms with Crippen molar-refractivity contribution in [3.8, 4) is 11.4 Å². The fourth-order valence-electron chi connectivity index (χ4n) is 2.29. The molecule has 0 fully saturated rings. The van der Waals surface area contributed by atoms with Gasteiger partial charge in [0.25, 0.3) is 0 Å². The lowest BCUT2D eigenvalue weighted by atomic mass is 9.99. The Labute approximate surface area is 157 Å². The molecule has 0 aliphatic rings. The summed E-state index contributed by atoms with van der Waals surface area (Å²) in [5.74, 6) is 0.0763. The van der Waals surface area contributed by atoms with Crippen LogP contribution in [0, 0.1) is 12.8 Å². The number of carbonyl (C=O) groups is 2. The summed E-state index contributed by atoms with van der Waals surface area (Å²) in [5.41, 5.74) is 2.10. The molecular formula is C18H24N4O3S. The van der Waals surface area contributed by atoms with E-state index in [9.17, 15) is 9.59 Å². The van der Waals surface area contributed by atoms with Gasteiger partial charge in [-0.3, -0.25) is 9.89 Å². The number of methoxy groups -OCH3 is 1. The Morgan fingerprint density at radius 3 is 2.62 bits per heavy atom. The van der Waals surface area contributed by atoms with Crippen LogP contribution in [-0.2, 0) is 14.3 Å². The summed E-state index contributed by atoms with van der Waals surface area (Å²) in [4.78, 5) is 28.4. The van der Waals surface area contributed by atoms with Gasteiger partial charge in [0.2, 0.25) is 11.1 Å². The number of carbonyl (C=O) groups excluding carboxylic acids is 2. The number of hydrogen-bond acceptors (Lipinski definition) is 6. The van der Waals surface area contributed by atoms with Gasteiger partial charge in [-0.05, 0) is 12.8 Å². The quantitative estimate of drug-likeness (QED) is 0.543. The van der Waals surface area contributed by atoms with Crippen LogP contribution in [0.4, 0.5) is 0 Å². The molecule has 2 N–H and O–H groups in total. The molecule has 1 heterocycles. The van der Waals surface area contributed by atoms with Gasteiger partial charge in [-0.2, -0.15) is 0 Å². The van der Waals surface area contributed by atoms with Crippen LogP contribution in [0.1, 0.15) is 25.8 Å². The molecule has 8 heteroatoms. The van der Waals surface area contributed by atoms with Gasteiger partial charge in [0.05, 0.1) is 12.9 Å². The number of H-pyrrole nitrogens is 1. The number of nitrogens with one attached hydrogen (secondary N) is 2. The highest BCUT2D eigenvalue weighted by molar-refractivity contribution is 7.99. The van der Waals surface area contributed by atoms with E-state index >= 15 is 0 Å². The Morgan fingerprint density at radius 2 is 2.00 bits per heavy atom. The maximum absolute atomic E-state index is 12.2. The van der Waals surface area contributed by atoms with Crippen LogP contribution in [0.2, 0.25) is 0 Å². The number of rotatable bonds is 8. The van der Waals surface area contributed by atoms with Crippen LogP contribution < -0.4 is 5.32 Å². The molecule has 0 radical (unpaired) electrons. The summed E-state index contributed by atoms with van der Waals surface area (Å²) in [7, 11) is 1.32. The van der Waals surface area contributed by atoms with Crippen molar-refractivity contribution in [2.24, 2.45) is 5.92 Å². The van der Waals surface area contributed by atoms with Crippen LogP contribution in [0.15, 0.2) is 29.4 Å². The molecule has 26 heavy (non-hydrogen) atoms. The third kappa shape index (κ3) is 5.32. The molecule has 1 aromatic heterocycles. The van der Waals surface area contributed by atoms with Gasteiger partial charge >= 0.3 is 5.97 Å². The topological polar surface area (TPSA) is 97.0 Å². The van der Waals surface area contributed by atoms with Crippen LogP contribution in [0.25, 0.3) is 11.4 Å². The third-order valence-corrected chi connectivity index (χ3v) is 4.95. The molecule has 1 aromatic carbocycles. The summed E-state index contributed by atoms with van der Waals surface area (Å²) < 4.78 is 4.77. The van der Waals surface area contributed by atoms with Crippen molar-refractivity contribution < 1.29 is 14.3 Å². The lowest BCUT2D eigenvalue weighted by molar-refractivity contribution is -0.146. The molecule has 140 valence electrons. The van der Waals surface area contributed by atoms with E-state index in [1.54, 1.807) is 0 Å². The summed E-state index contributed by atoms with van der Waals surface area (Å²) in [6.07, 6.45) is 0.758. The fraction of sp³-hybridized carbons (Fsp3) is 0.444. The van der Waals surface area contributed by atoms with Gasteiger partial charge in [0.1, 0.15) is 6.04 Å². The molecule has 1 amide bonds. The second-order valence-electron chi connectivity index (χ2n) is 6.08. The average molecular weight is 376 g/mol. The van der Waals surface area contributed by atoms with Gasteiger partial charge in [0.15, 0.2) is 5.82 Å². The first-order valence-electron chi connectivity index (χ1n) is 8.44. The minimum atomic E-state index is -0.645. The zero-order chi connectivity index (χ0) is 19.1. The highest BCUT2D eigenvalue weighted by Gasteiger charge is 2.26. The van der Waals surface area contributed by atoms with Crippen molar-refractivity contribution in [2.75, 3.05) is 12.9 Å². The SMILES string of the molecule is CC[C@@H](C)[C@H](NC(=O)CSc1n[nH]c(-c2ccc(C)cc2)n1)C(=O)OC. The number of thioether (sulfide) groups is 1. The van der Waals surface area contributed by atoms with E-state index in [-0.39, 0.29) is 17.6 Å². The predicted octanol–water partition coefficient (Wildman–Crippen LogP) is 2.58. The first-order valence-corrected chi connectivity index (χ1v) is 9.42. The molecule has 0 bridgehead atoms. The number of amides is 1. The standard InChI is InChI=1S/C18H24N4O3S/c1-5-12(3)15(17(24)25-4)19-14(23)10-26-18-20-16(21-22-18)13-8-6-11(2)7-9-13/h6-9,12,15H,5,10H2,1-4H3,(H,19,23)(H,20,21,22)/t12-,15+/m1/s1. The molecule has 0 saturated heterocycles. The minimum absolute atomic E-state index is 0.00644. The fourth-order valence-corrected chi connectivity index (χ4v) is 2.90. The molecule has 0 saturated carbocycles. The van der Waals surface area contributed by atoms with E-state index in [0.717, 1.165) is 12.0 Å². The van der Waals surface area contributed by atoms with Crippen LogP contribution >= 0.6 is 11.8 Å². The van der Waals surface area contributed by atoms with Gasteiger partial charge in [-0.25, -0.2) is 9.78 Å². The summed E-state index contributed by atoms with van der Waals surface area (Å²) >= 11 is 1.21. The monoisotopic (exact) mass is 376 g/mol. The van der Waals surface area contributed by atoms with Crippen LogP contribution in [0.5, 0.6) is 0 Å². The molecular weight excluding hydrogens is 352 g/mol. The highest BCUT2D eigenvalue weighted by Crippen LogP contribution is 2.19. The molecule has 2 atom stereocenters. The van der Waals surface area contributed by atoms with Crippen molar-refractivity contribution in [1.29, 1.82) is 0 Å². The van der Waals surface area contributed by atoms with E-state index in [4.69, 9.17) is 4.74 Å². The number of benzene rings is 1. The summed E-state index contributed by atoms with van der Waals surface area (Å²) in [6, 6.07) is 7.28. The van der Waals surface area contributed by atoms with E-state index in [2.05, 4.69) is 20.5 Å². The molecule has 2 rings (SSSR count). The van der Waals surface area contributed by atoms with E-state index in [0.29, 0.717) is 11.0 Å². The first-order chi connectivity index (χ1) is 12.4. The molecule has 0 aliphatic carbocycles. The second-order valence-corrected chi connectivity index (χ2v) is 7.02. The number of aryl methyl sites for hydroxylation is 1. The van der Waals surface area contributed by atoms with Crippen molar-refractivity contribution in [2.45, 2.75) is 38.4 Å². The summed E-state index contributed by atoms with van der Waals surface area (Å²) in [6.45, 7) is 5.88. The average Bonchev–Trinajstić information content (AvgIpc) is 3.12. The van der Waals surface area contributed by atoms with E-state index < -0.39 is 12.0 Å². The number of nitrogens with zero attached hydrogens (tertiary/aromatic N) is 2. The molecule has 0 unspecified atom stereocenters. The van der Waals surface area contributed by atoms with Crippen molar-refractivity contribution in [1.82, 2.24) is 20.5 Å². The Balaban J connectivity index is 1.92. The van der Waals surface area contributed by atoms with Gasteiger partial charge in [0, 0.05) is 5.56 Å². The molecule has 7 nitrogen and oxygen atoms in total. The zero-order valence-electron chi connectivity index (χ0n) is 15.4. The Kier molecular flexibility index (Phi) is 7.20. The van der Waals surface area contributed by atoms with Crippen LogP contribution in [-0.4, -0.2) is 46.0 Å². The number of aromatic amines is 1. The maximum atomic E-state index is 12.2. The summed E-state index contributed by atoms with van der Waals surface area (Å²) in [5, 5.41) is 10.2. The van der Waals surface area contributed by atoms with Crippen molar-refractivity contribution in [3.05, 3.63) is 29.8 Å². The molecule has 0 aliphatic heterocycles. The molecule has 0 spiro atoms. The van der Waals surface area contributed by atoms with Crippen molar-refractivity contribution in [3.63, 3.8) is 0 Å². The van der Waals surface area contributed by atoms with E-state index in [1.807, 2.05) is 45.0 Å². The zero-order valence-corrected chi connectivity index (χ0v) is 16.2. The Morgan fingerprint density at radius 1 is 1.31 bits per heavy atom. The second kappa shape index (κ2) is 9.38. The Hall–Kier alpha value is -2.35. The van der Waals surface area contributed by atoms with E-state index in [1.165, 1.54) is 24.4 Å². The lowest BCUT2D eigenvalue weighted by Gasteiger charge is -2.21. The van der Waals surface area contributed by atoms with Gasteiger partial charge in [-0.15, -0.1) is 5.10 Å². The Bertz CT molecular complexity index is 745. The number of ether oxygens (including phenoxy) is 1. The van der Waals surface area contributed by atoms with Crippen LogP contribution in [0.3, 0.4) is 0 Å². The predicted molar refractivity (Wildman–Crippen MR) is 101 cm³/mol. The third-order valence-electron chi connectivity index (χ3n) is 4.11. The highest BCUT2D eigenvalue weighted by atomic mass is 32.2. The smallest absolute Gasteiger partial charge is 0.328 e. The number of hydrogen-bond donors (Lipinski definition) is 2. The number of aromatic nitrogens is 3.